The van der Waals surface area contributed by atoms with Crippen LogP contribution in [0.5, 0.6) is 0 Å². The number of hydrogen-bond donors (Lipinski definition) is 3. The lowest BCUT2D eigenvalue weighted by Gasteiger charge is -2.05. The van der Waals surface area contributed by atoms with Crippen molar-refractivity contribution in [2.45, 2.75) is 19.4 Å². The van der Waals surface area contributed by atoms with Crippen LogP contribution in [0.1, 0.15) is 11.8 Å². The van der Waals surface area contributed by atoms with Gasteiger partial charge in [-0.05, 0) is 24.8 Å². The maximum atomic E-state index is 8.99. The average Bonchev–Trinajstić information content (AvgIpc) is 2.67. The number of hydrogen-bond acceptors (Lipinski definition) is 3. The molecule has 15 heavy (non-hydrogen) atoms. The van der Waals surface area contributed by atoms with E-state index < -0.39 is 6.10 Å². The Hall–Kier alpha value is -1.07. The van der Waals surface area contributed by atoms with Crippen molar-refractivity contribution in [3.05, 3.63) is 22.4 Å². The van der Waals surface area contributed by atoms with Gasteiger partial charge in [-0.3, -0.25) is 4.99 Å². The van der Waals surface area contributed by atoms with Crippen LogP contribution in [0.15, 0.2) is 22.5 Å². The minimum atomic E-state index is -0.442. The number of nitrogens with one attached hydrogen (secondary N) is 1. The molecule has 0 aliphatic rings. The van der Waals surface area contributed by atoms with Crippen LogP contribution >= 0.6 is 11.3 Å². The molecule has 1 heterocycles. The Kier molecular flexibility index (Phi) is 5.14. The molecule has 0 saturated heterocycles. The molecule has 0 spiro atoms. The molecule has 1 aromatic rings. The highest BCUT2D eigenvalue weighted by molar-refractivity contribution is 7.09. The molecule has 4 nitrogen and oxygen atoms in total. The third kappa shape index (κ3) is 5.39. The molecular weight excluding hydrogens is 210 g/mol. The van der Waals surface area contributed by atoms with Crippen molar-refractivity contribution in [3.8, 4) is 0 Å². The fraction of sp³-hybridized carbons (Fsp3) is 0.500. The highest BCUT2D eigenvalue weighted by Crippen LogP contribution is 2.07. The minimum Gasteiger partial charge on any atom is -0.391 e. The molecule has 1 aromatic heterocycles. The molecule has 1 unspecified atom stereocenters. The second-order valence-electron chi connectivity index (χ2n) is 3.33. The third-order valence-electron chi connectivity index (χ3n) is 1.78. The van der Waals surface area contributed by atoms with Gasteiger partial charge in [0, 0.05) is 11.4 Å². The van der Waals surface area contributed by atoms with Crippen molar-refractivity contribution in [2.75, 3.05) is 13.1 Å². The van der Waals surface area contributed by atoms with Gasteiger partial charge in [-0.1, -0.05) is 6.07 Å². The second kappa shape index (κ2) is 6.42. The van der Waals surface area contributed by atoms with Gasteiger partial charge in [0.1, 0.15) is 0 Å². The maximum Gasteiger partial charge on any atom is 0.188 e. The predicted molar refractivity (Wildman–Crippen MR) is 64.2 cm³/mol. The molecular formula is C10H17N3OS. The lowest BCUT2D eigenvalue weighted by molar-refractivity contribution is 0.204. The normalized spacial score (nSPS) is 13.9. The smallest absolute Gasteiger partial charge is 0.188 e. The number of thiophene rings is 1. The fourth-order valence-electron chi connectivity index (χ4n) is 1.05. The monoisotopic (exact) mass is 227 g/mol. The molecule has 1 atom stereocenters. The zero-order valence-electron chi connectivity index (χ0n) is 8.81. The number of guanidine groups is 1. The van der Waals surface area contributed by atoms with Gasteiger partial charge in [-0.2, -0.15) is 0 Å². The van der Waals surface area contributed by atoms with Crippen LogP contribution in [-0.4, -0.2) is 30.3 Å². The van der Waals surface area contributed by atoms with E-state index in [1.807, 2.05) is 6.07 Å². The first kappa shape index (κ1) is 12.0. The molecule has 0 amide bonds. The van der Waals surface area contributed by atoms with Crippen LogP contribution in [0.4, 0.5) is 0 Å². The molecule has 5 heteroatoms. The van der Waals surface area contributed by atoms with E-state index >= 15 is 0 Å². The van der Waals surface area contributed by atoms with Crippen LogP contribution in [-0.2, 0) is 6.42 Å². The van der Waals surface area contributed by atoms with E-state index in [9.17, 15) is 0 Å². The van der Waals surface area contributed by atoms with E-state index in [0.29, 0.717) is 12.5 Å². The maximum absolute atomic E-state index is 8.99. The van der Waals surface area contributed by atoms with Gasteiger partial charge in [0.2, 0.25) is 0 Å². The molecule has 0 bridgehead atoms. The first-order valence-corrected chi connectivity index (χ1v) is 5.80. The van der Waals surface area contributed by atoms with Crippen LogP contribution < -0.4 is 11.1 Å². The zero-order chi connectivity index (χ0) is 11.1. The molecule has 0 radical (unpaired) electrons. The van der Waals surface area contributed by atoms with Gasteiger partial charge < -0.3 is 16.2 Å². The Labute approximate surface area is 93.8 Å². The Morgan fingerprint density at radius 2 is 2.53 bits per heavy atom. The first-order chi connectivity index (χ1) is 7.18. The van der Waals surface area contributed by atoms with Crippen molar-refractivity contribution in [2.24, 2.45) is 10.7 Å². The summed E-state index contributed by atoms with van der Waals surface area (Å²) in [4.78, 5) is 5.30. The van der Waals surface area contributed by atoms with E-state index in [4.69, 9.17) is 10.8 Å². The van der Waals surface area contributed by atoms with Crippen molar-refractivity contribution in [3.63, 3.8) is 0 Å². The molecule has 0 aromatic carbocycles. The summed E-state index contributed by atoms with van der Waals surface area (Å²) in [5, 5.41) is 14.0. The largest absolute Gasteiger partial charge is 0.391 e. The summed E-state index contributed by atoms with van der Waals surface area (Å²) < 4.78 is 0. The summed E-state index contributed by atoms with van der Waals surface area (Å²) in [5.41, 5.74) is 5.59. The van der Waals surface area contributed by atoms with Crippen molar-refractivity contribution < 1.29 is 5.11 Å². The molecule has 4 N–H and O–H groups in total. The molecule has 0 fully saturated rings. The number of nitrogens with zero attached hydrogens (tertiary/aromatic N) is 1. The first-order valence-electron chi connectivity index (χ1n) is 4.92. The van der Waals surface area contributed by atoms with Crippen LogP contribution in [0.2, 0.25) is 0 Å². The number of rotatable bonds is 5. The predicted octanol–water partition coefficient (Wildman–Crippen LogP) is 0.576. The molecule has 0 aliphatic carbocycles. The molecule has 0 saturated carbocycles. The van der Waals surface area contributed by atoms with Gasteiger partial charge in [0.15, 0.2) is 5.96 Å². The van der Waals surface area contributed by atoms with E-state index in [1.54, 1.807) is 18.3 Å². The van der Waals surface area contributed by atoms with Crippen molar-refractivity contribution in [1.29, 1.82) is 0 Å². The summed E-state index contributed by atoms with van der Waals surface area (Å²) in [6.07, 6.45) is 0.505. The van der Waals surface area contributed by atoms with E-state index in [-0.39, 0.29) is 0 Å². The molecule has 84 valence electrons. The second-order valence-corrected chi connectivity index (χ2v) is 4.36. The quantitative estimate of drug-likeness (QED) is 0.509. The number of aliphatic hydroxyl groups is 1. The van der Waals surface area contributed by atoms with Gasteiger partial charge in [-0.25, -0.2) is 0 Å². The summed E-state index contributed by atoms with van der Waals surface area (Å²) in [6, 6.07) is 4.13. The molecule has 0 aliphatic heterocycles. The summed E-state index contributed by atoms with van der Waals surface area (Å²) in [7, 11) is 0. The van der Waals surface area contributed by atoms with E-state index in [2.05, 4.69) is 21.8 Å². The van der Waals surface area contributed by atoms with Gasteiger partial charge >= 0.3 is 0 Å². The zero-order valence-corrected chi connectivity index (χ0v) is 9.63. The third-order valence-corrected chi connectivity index (χ3v) is 2.72. The van der Waals surface area contributed by atoms with Gasteiger partial charge in [0.25, 0.3) is 0 Å². The van der Waals surface area contributed by atoms with Crippen LogP contribution in [0.25, 0.3) is 0 Å². The Balaban J connectivity index is 2.17. The summed E-state index contributed by atoms with van der Waals surface area (Å²) in [5.74, 6) is 0.396. The van der Waals surface area contributed by atoms with Crippen molar-refractivity contribution in [1.82, 2.24) is 5.32 Å². The topological polar surface area (TPSA) is 70.6 Å². The average molecular weight is 227 g/mol. The lowest BCUT2D eigenvalue weighted by Crippen LogP contribution is -2.33. The van der Waals surface area contributed by atoms with Crippen LogP contribution in [0.3, 0.4) is 0 Å². The van der Waals surface area contributed by atoms with Gasteiger partial charge in [-0.15, -0.1) is 11.3 Å². The van der Waals surface area contributed by atoms with Gasteiger partial charge in [0.05, 0.1) is 12.6 Å². The van der Waals surface area contributed by atoms with Crippen molar-refractivity contribution >= 4 is 17.3 Å². The Bertz CT molecular complexity index is 296. The Morgan fingerprint density at radius 3 is 3.13 bits per heavy atom. The lowest BCUT2D eigenvalue weighted by atomic mass is 10.3. The SMILES string of the molecule is CC(O)CN=C(N)NCCc1cccs1. The fourth-order valence-corrected chi connectivity index (χ4v) is 1.76. The number of nitrogens with two attached hydrogens (primary N) is 1. The minimum absolute atomic E-state index is 0.345. The molecule has 1 rings (SSSR count). The number of aliphatic imine (C=N–C) groups is 1. The van der Waals surface area contributed by atoms with Crippen LogP contribution in [0, 0.1) is 0 Å². The van der Waals surface area contributed by atoms with E-state index in [1.165, 1.54) is 4.88 Å². The number of aliphatic hydroxyl groups excluding tert-OH is 1. The standard InChI is InChI=1S/C10H17N3OS/c1-8(14)7-13-10(11)12-5-4-9-3-2-6-15-9/h2-3,6,8,14H,4-5,7H2,1H3,(H3,11,12,13). The summed E-state index contributed by atoms with van der Waals surface area (Å²) >= 11 is 1.73. The summed E-state index contributed by atoms with van der Waals surface area (Å²) in [6.45, 7) is 2.80. The van der Waals surface area contributed by atoms with E-state index in [0.717, 1.165) is 13.0 Å². The highest BCUT2D eigenvalue weighted by atomic mass is 32.1. The highest BCUT2D eigenvalue weighted by Gasteiger charge is 1.96. The Morgan fingerprint density at radius 1 is 1.73 bits per heavy atom.